The molecule has 1 unspecified atom stereocenters. The van der Waals surface area contributed by atoms with Crippen LogP contribution in [0.25, 0.3) is 0 Å². The third-order valence-electron chi connectivity index (χ3n) is 2.59. The molecule has 1 fully saturated rings. The van der Waals surface area contributed by atoms with Gasteiger partial charge in [-0.25, -0.2) is 4.98 Å². The van der Waals surface area contributed by atoms with Crippen LogP contribution >= 0.6 is 0 Å². The zero-order valence-corrected chi connectivity index (χ0v) is 9.79. The van der Waals surface area contributed by atoms with Gasteiger partial charge in [0.1, 0.15) is 5.82 Å². The third-order valence-corrected chi connectivity index (χ3v) is 2.59. The molecule has 2 heterocycles. The van der Waals surface area contributed by atoms with Crippen LogP contribution in [0.3, 0.4) is 0 Å². The number of anilines is 1. The van der Waals surface area contributed by atoms with Crippen LogP contribution in [-0.2, 0) is 4.74 Å². The molecule has 0 amide bonds. The van der Waals surface area contributed by atoms with E-state index in [1.54, 1.807) is 6.20 Å². The number of morpholine rings is 1. The number of nitrogens with zero attached hydrogens (tertiary/aromatic N) is 2. The number of hydrogen-bond donors (Lipinski definition) is 2. The van der Waals surface area contributed by atoms with Crippen molar-refractivity contribution in [2.45, 2.75) is 19.9 Å². The molecule has 88 valence electrons. The first-order chi connectivity index (χ1) is 7.75. The monoisotopic (exact) mass is 222 g/mol. The summed E-state index contributed by atoms with van der Waals surface area (Å²) >= 11 is 0. The molecule has 5 nitrogen and oxygen atoms in total. The summed E-state index contributed by atoms with van der Waals surface area (Å²) in [7, 11) is 0. The predicted octanol–water partition coefficient (Wildman–Crippen LogP) is 0.494. The van der Waals surface area contributed by atoms with Gasteiger partial charge in [-0.15, -0.1) is 0 Å². The van der Waals surface area contributed by atoms with E-state index in [0.717, 1.165) is 43.5 Å². The van der Waals surface area contributed by atoms with Crippen molar-refractivity contribution >= 4 is 5.82 Å². The Hall–Kier alpha value is -1.20. The van der Waals surface area contributed by atoms with Crippen LogP contribution in [0.2, 0.25) is 0 Å². The fourth-order valence-corrected chi connectivity index (χ4v) is 1.68. The number of rotatable bonds is 3. The van der Waals surface area contributed by atoms with E-state index >= 15 is 0 Å². The first kappa shape index (κ1) is 11.3. The largest absolute Gasteiger partial charge is 0.378 e. The summed E-state index contributed by atoms with van der Waals surface area (Å²) in [5.74, 6) is 0.868. The quantitative estimate of drug-likeness (QED) is 0.779. The lowest BCUT2D eigenvalue weighted by molar-refractivity contribution is 0.0806. The zero-order valence-electron chi connectivity index (χ0n) is 9.79. The average Bonchev–Trinajstić information content (AvgIpc) is 2.32. The Morgan fingerprint density at radius 2 is 2.44 bits per heavy atom. The molecule has 1 atom stereocenters. The molecule has 0 aliphatic carbocycles. The van der Waals surface area contributed by atoms with Crippen LogP contribution in [0, 0.1) is 13.8 Å². The van der Waals surface area contributed by atoms with Crippen molar-refractivity contribution in [2.75, 3.05) is 31.6 Å². The molecule has 5 heteroatoms. The van der Waals surface area contributed by atoms with E-state index in [1.165, 1.54) is 0 Å². The van der Waals surface area contributed by atoms with Crippen LogP contribution in [0.1, 0.15) is 11.4 Å². The third kappa shape index (κ3) is 2.90. The van der Waals surface area contributed by atoms with Gasteiger partial charge in [0.15, 0.2) is 0 Å². The minimum absolute atomic E-state index is 0.357. The lowest BCUT2D eigenvalue weighted by Crippen LogP contribution is -2.45. The summed E-state index contributed by atoms with van der Waals surface area (Å²) in [6, 6.07) is 0.357. The molecule has 2 rings (SSSR count). The van der Waals surface area contributed by atoms with Gasteiger partial charge in [0.2, 0.25) is 0 Å². The van der Waals surface area contributed by atoms with Crippen molar-refractivity contribution in [3.8, 4) is 0 Å². The molecule has 1 aromatic rings. The summed E-state index contributed by atoms with van der Waals surface area (Å²) in [6.45, 7) is 7.20. The van der Waals surface area contributed by atoms with Crippen LogP contribution in [-0.4, -0.2) is 42.3 Å². The molecule has 1 saturated heterocycles. The van der Waals surface area contributed by atoms with E-state index in [1.807, 2.05) is 13.8 Å². The van der Waals surface area contributed by atoms with E-state index in [2.05, 4.69) is 20.6 Å². The molecule has 0 aromatic carbocycles. The number of nitrogens with one attached hydrogen (secondary N) is 2. The SMILES string of the molecule is Cc1cnc(C)c(NCC2COCCN2)n1. The molecule has 0 bridgehead atoms. The second-order valence-corrected chi connectivity index (χ2v) is 4.05. The molecule has 1 aromatic heterocycles. The molecule has 2 N–H and O–H groups in total. The first-order valence-corrected chi connectivity index (χ1v) is 5.61. The maximum atomic E-state index is 5.39. The second-order valence-electron chi connectivity index (χ2n) is 4.05. The molecule has 0 radical (unpaired) electrons. The number of aromatic nitrogens is 2. The van der Waals surface area contributed by atoms with Gasteiger partial charge in [0.25, 0.3) is 0 Å². The van der Waals surface area contributed by atoms with Crippen molar-refractivity contribution in [1.29, 1.82) is 0 Å². The zero-order chi connectivity index (χ0) is 11.4. The first-order valence-electron chi connectivity index (χ1n) is 5.61. The standard InChI is InChI=1S/C11H18N4O/c1-8-5-13-9(2)11(15-8)14-6-10-7-16-4-3-12-10/h5,10,12H,3-4,6-7H2,1-2H3,(H,14,15). The Labute approximate surface area is 95.6 Å². The van der Waals surface area contributed by atoms with Gasteiger partial charge in [-0.2, -0.15) is 0 Å². The predicted molar refractivity (Wildman–Crippen MR) is 62.6 cm³/mol. The Kier molecular flexibility index (Phi) is 3.69. The maximum Gasteiger partial charge on any atom is 0.147 e. The smallest absolute Gasteiger partial charge is 0.147 e. The highest BCUT2D eigenvalue weighted by Gasteiger charge is 2.13. The molecular formula is C11H18N4O. The van der Waals surface area contributed by atoms with Gasteiger partial charge in [0.05, 0.1) is 24.6 Å². The van der Waals surface area contributed by atoms with Crippen molar-refractivity contribution in [1.82, 2.24) is 15.3 Å². The lowest BCUT2D eigenvalue weighted by Gasteiger charge is -2.24. The van der Waals surface area contributed by atoms with Crippen LogP contribution in [0.15, 0.2) is 6.20 Å². The van der Waals surface area contributed by atoms with Crippen molar-refractivity contribution in [3.63, 3.8) is 0 Å². The van der Waals surface area contributed by atoms with Crippen molar-refractivity contribution in [3.05, 3.63) is 17.6 Å². The number of ether oxygens (including phenoxy) is 1. The van der Waals surface area contributed by atoms with Gasteiger partial charge < -0.3 is 15.4 Å². The number of hydrogen-bond acceptors (Lipinski definition) is 5. The molecule has 0 saturated carbocycles. The summed E-state index contributed by atoms with van der Waals surface area (Å²) in [6.07, 6.45) is 1.78. The fourth-order valence-electron chi connectivity index (χ4n) is 1.68. The summed E-state index contributed by atoms with van der Waals surface area (Å²) in [5, 5.41) is 6.70. The Morgan fingerprint density at radius 1 is 1.56 bits per heavy atom. The second kappa shape index (κ2) is 5.23. The van der Waals surface area contributed by atoms with E-state index < -0.39 is 0 Å². The Bertz CT molecular complexity index is 350. The highest BCUT2D eigenvalue weighted by molar-refractivity contribution is 5.39. The topological polar surface area (TPSA) is 59.1 Å². The molecule has 1 aliphatic rings. The maximum absolute atomic E-state index is 5.39. The van der Waals surface area contributed by atoms with Gasteiger partial charge in [-0.1, -0.05) is 0 Å². The molecule has 1 aliphatic heterocycles. The molecule has 0 spiro atoms. The minimum Gasteiger partial charge on any atom is -0.378 e. The van der Waals surface area contributed by atoms with Gasteiger partial charge >= 0.3 is 0 Å². The van der Waals surface area contributed by atoms with Crippen molar-refractivity contribution < 1.29 is 4.74 Å². The van der Waals surface area contributed by atoms with E-state index in [4.69, 9.17) is 4.74 Å². The van der Waals surface area contributed by atoms with Gasteiger partial charge in [0, 0.05) is 25.3 Å². The average molecular weight is 222 g/mol. The lowest BCUT2D eigenvalue weighted by atomic mass is 10.2. The highest BCUT2D eigenvalue weighted by atomic mass is 16.5. The summed E-state index contributed by atoms with van der Waals surface area (Å²) < 4.78 is 5.39. The van der Waals surface area contributed by atoms with Gasteiger partial charge in [-0.3, -0.25) is 4.98 Å². The molecular weight excluding hydrogens is 204 g/mol. The van der Waals surface area contributed by atoms with E-state index in [-0.39, 0.29) is 0 Å². The van der Waals surface area contributed by atoms with E-state index in [9.17, 15) is 0 Å². The van der Waals surface area contributed by atoms with E-state index in [0.29, 0.717) is 6.04 Å². The highest BCUT2D eigenvalue weighted by Crippen LogP contribution is 2.08. The Balaban J connectivity index is 1.90. The van der Waals surface area contributed by atoms with Crippen LogP contribution in [0.5, 0.6) is 0 Å². The fraction of sp³-hybridized carbons (Fsp3) is 0.636. The molecule has 16 heavy (non-hydrogen) atoms. The normalized spacial score (nSPS) is 20.8. The van der Waals surface area contributed by atoms with Crippen molar-refractivity contribution in [2.24, 2.45) is 0 Å². The van der Waals surface area contributed by atoms with Crippen LogP contribution in [0.4, 0.5) is 5.82 Å². The Morgan fingerprint density at radius 3 is 3.19 bits per heavy atom. The number of aryl methyl sites for hydroxylation is 2. The van der Waals surface area contributed by atoms with Crippen LogP contribution < -0.4 is 10.6 Å². The minimum atomic E-state index is 0.357. The summed E-state index contributed by atoms with van der Waals surface area (Å²) in [5.41, 5.74) is 1.86. The summed E-state index contributed by atoms with van der Waals surface area (Å²) in [4.78, 5) is 8.68. The van der Waals surface area contributed by atoms with Gasteiger partial charge in [-0.05, 0) is 13.8 Å².